The van der Waals surface area contributed by atoms with E-state index in [9.17, 15) is 9.59 Å². The SMILES string of the molecule is CCc1cccc(NC(=O)CNC(=NC)NCC2CC(=O)Nc3ccccc32)c1.I. The lowest BCUT2D eigenvalue weighted by Gasteiger charge is -2.26. The number of fused-ring (bicyclic) bond motifs is 1. The second kappa shape index (κ2) is 11.5. The number of rotatable bonds is 6. The molecule has 8 heteroatoms. The monoisotopic (exact) mass is 521 g/mol. The molecule has 0 saturated heterocycles. The van der Waals surface area contributed by atoms with Gasteiger partial charge in [-0.15, -0.1) is 24.0 Å². The van der Waals surface area contributed by atoms with Crippen LogP contribution in [0.1, 0.15) is 30.4 Å². The van der Waals surface area contributed by atoms with Crippen LogP contribution in [-0.2, 0) is 16.0 Å². The van der Waals surface area contributed by atoms with Crippen LogP contribution in [0.5, 0.6) is 0 Å². The molecule has 0 spiro atoms. The molecule has 1 heterocycles. The number of nitrogens with zero attached hydrogens (tertiary/aromatic N) is 1. The number of guanidine groups is 1. The summed E-state index contributed by atoms with van der Waals surface area (Å²) >= 11 is 0. The lowest BCUT2D eigenvalue weighted by atomic mass is 9.90. The van der Waals surface area contributed by atoms with Crippen LogP contribution < -0.4 is 21.3 Å². The summed E-state index contributed by atoms with van der Waals surface area (Å²) in [5.74, 6) is 0.422. The maximum Gasteiger partial charge on any atom is 0.243 e. The molecule has 7 nitrogen and oxygen atoms in total. The van der Waals surface area contributed by atoms with Crippen LogP contribution in [0.4, 0.5) is 11.4 Å². The van der Waals surface area contributed by atoms with Gasteiger partial charge in [0.2, 0.25) is 11.8 Å². The standard InChI is InChI=1S/C22H27N5O2.HI/c1-3-15-7-6-8-17(11-15)26-21(29)14-25-22(23-2)24-13-16-12-20(28)27-19-10-5-4-9-18(16)19;/h4-11,16H,3,12-14H2,1-2H3,(H,26,29)(H,27,28)(H2,23,24,25);1H. The van der Waals surface area contributed by atoms with Gasteiger partial charge in [-0.3, -0.25) is 14.6 Å². The normalized spacial score (nSPS) is 15.3. The molecule has 3 rings (SSSR count). The molecule has 1 aliphatic rings. The Morgan fingerprint density at radius 2 is 1.97 bits per heavy atom. The second-order valence-corrected chi connectivity index (χ2v) is 6.95. The van der Waals surface area contributed by atoms with Crippen molar-refractivity contribution < 1.29 is 9.59 Å². The fraction of sp³-hybridized carbons (Fsp3) is 0.318. The highest BCUT2D eigenvalue weighted by molar-refractivity contribution is 14.0. The Kier molecular flexibility index (Phi) is 9.10. The van der Waals surface area contributed by atoms with Gasteiger partial charge in [0.15, 0.2) is 5.96 Å². The number of carbonyl (C=O) groups excluding carboxylic acids is 2. The molecule has 0 radical (unpaired) electrons. The minimum atomic E-state index is -0.149. The quantitative estimate of drug-likeness (QED) is 0.267. The van der Waals surface area contributed by atoms with E-state index in [0.717, 1.165) is 23.4 Å². The van der Waals surface area contributed by atoms with Crippen LogP contribution >= 0.6 is 24.0 Å². The summed E-state index contributed by atoms with van der Waals surface area (Å²) in [7, 11) is 1.65. The Morgan fingerprint density at radius 3 is 2.73 bits per heavy atom. The first-order valence-electron chi connectivity index (χ1n) is 9.81. The van der Waals surface area contributed by atoms with Crippen molar-refractivity contribution in [3.8, 4) is 0 Å². The van der Waals surface area contributed by atoms with Gasteiger partial charge in [-0.25, -0.2) is 0 Å². The van der Waals surface area contributed by atoms with Crippen molar-refractivity contribution in [2.45, 2.75) is 25.7 Å². The fourth-order valence-electron chi connectivity index (χ4n) is 3.36. The van der Waals surface area contributed by atoms with Crippen molar-refractivity contribution in [1.29, 1.82) is 0 Å². The zero-order valence-electron chi connectivity index (χ0n) is 17.2. The number of amides is 2. The maximum atomic E-state index is 12.2. The highest BCUT2D eigenvalue weighted by Crippen LogP contribution is 2.31. The third-order valence-electron chi connectivity index (χ3n) is 4.88. The number of carbonyl (C=O) groups is 2. The number of aryl methyl sites for hydroxylation is 1. The predicted octanol–water partition coefficient (Wildman–Crippen LogP) is 3.10. The van der Waals surface area contributed by atoms with Crippen molar-refractivity contribution in [2.75, 3.05) is 30.8 Å². The average molecular weight is 521 g/mol. The van der Waals surface area contributed by atoms with E-state index < -0.39 is 0 Å². The fourth-order valence-corrected chi connectivity index (χ4v) is 3.36. The number of halogens is 1. The largest absolute Gasteiger partial charge is 0.356 e. The minimum absolute atomic E-state index is 0. The average Bonchev–Trinajstić information content (AvgIpc) is 2.73. The molecule has 0 aromatic heterocycles. The van der Waals surface area contributed by atoms with E-state index in [0.29, 0.717) is 18.9 Å². The first kappa shape index (κ1) is 23.7. The van der Waals surface area contributed by atoms with Crippen molar-refractivity contribution >= 4 is 53.1 Å². The highest BCUT2D eigenvalue weighted by Gasteiger charge is 2.24. The van der Waals surface area contributed by atoms with Crippen LogP contribution in [0, 0.1) is 0 Å². The van der Waals surface area contributed by atoms with Gasteiger partial charge in [0, 0.05) is 37.3 Å². The number of benzene rings is 2. The number of anilines is 2. The van der Waals surface area contributed by atoms with Crippen LogP contribution in [0.25, 0.3) is 0 Å². The summed E-state index contributed by atoms with van der Waals surface area (Å²) in [6, 6.07) is 15.6. The molecule has 0 fully saturated rings. The van der Waals surface area contributed by atoms with Crippen molar-refractivity contribution in [1.82, 2.24) is 10.6 Å². The van der Waals surface area contributed by atoms with Gasteiger partial charge in [0.25, 0.3) is 0 Å². The number of nitrogens with one attached hydrogen (secondary N) is 4. The Morgan fingerprint density at radius 1 is 1.17 bits per heavy atom. The Bertz CT molecular complexity index is 916. The lowest BCUT2D eigenvalue weighted by Crippen LogP contribution is -2.43. The van der Waals surface area contributed by atoms with E-state index in [1.54, 1.807) is 7.05 Å². The Hall–Kier alpha value is -2.62. The van der Waals surface area contributed by atoms with Crippen LogP contribution in [0.3, 0.4) is 0 Å². The first-order valence-corrected chi connectivity index (χ1v) is 9.81. The molecular formula is C22H28IN5O2. The molecule has 0 aliphatic carbocycles. The Balaban J connectivity index is 0.00000320. The number of hydrogen-bond acceptors (Lipinski definition) is 3. The number of para-hydroxylation sites is 1. The van der Waals surface area contributed by atoms with Gasteiger partial charge in [-0.05, 0) is 35.7 Å². The molecule has 160 valence electrons. The summed E-state index contributed by atoms with van der Waals surface area (Å²) < 4.78 is 0. The molecule has 2 aromatic carbocycles. The van der Waals surface area contributed by atoms with Gasteiger partial charge < -0.3 is 21.3 Å². The third-order valence-corrected chi connectivity index (χ3v) is 4.88. The first-order chi connectivity index (χ1) is 14.1. The summed E-state index contributed by atoms with van der Waals surface area (Å²) in [5.41, 5.74) is 3.91. The van der Waals surface area contributed by atoms with E-state index >= 15 is 0 Å². The molecule has 1 aliphatic heterocycles. The van der Waals surface area contributed by atoms with Crippen molar-refractivity contribution in [3.63, 3.8) is 0 Å². The third kappa shape index (κ3) is 6.45. The molecule has 30 heavy (non-hydrogen) atoms. The van der Waals surface area contributed by atoms with E-state index in [2.05, 4.69) is 33.2 Å². The summed E-state index contributed by atoms with van der Waals surface area (Å²) in [6.45, 7) is 2.72. The van der Waals surface area contributed by atoms with E-state index in [-0.39, 0.29) is 48.3 Å². The van der Waals surface area contributed by atoms with E-state index in [4.69, 9.17) is 0 Å². The Labute approximate surface area is 194 Å². The lowest BCUT2D eigenvalue weighted by molar-refractivity contribution is -0.117. The van der Waals surface area contributed by atoms with Gasteiger partial charge in [0.1, 0.15) is 0 Å². The van der Waals surface area contributed by atoms with Gasteiger partial charge in [0.05, 0.1) is 6.54 Å². The summed E-state index contributed by atoms with van der Waals surface area (Å²) in [5, 5.41) is 12.0. The zero-order valence-corrected chi connectivity index (χ0v) is 19.5. The van der Waals surface area contributed by atoms with Crippen LogP contribution in [0.15, 0.2) is 53.5 Å². The summed E-state index contributed by atoms with van der Waals surface area (Å²) in [4.78, 5) is 28.4. The van der Waals surface area contributed by atoms with Gasteiger partial charge in [-0.1, -0.05) is 37.3 Å². The molecule has 0 saturated carbocycles. The molecule has 4 N–H and O–H groups in total. The van der Waals surface area contributed by atoms with E-state index in [1.165, 1.54) is 5.56 Å². The van der Waals surface area contributed by atoms with E-state index in [1.807, 2.05) is 48.5 Å². The number of hydrogen-bond donors (Lipinski definition) is 4. The summed E-state index contributed by atoms with van der Waals surface area (Å²) in [6.07, 6.45) is 1.33. The second-order valence-electron chi connectivity index (χ2n) is 6.95. The van der Waals surface area contributed by atoms with Crippen LogP contribution in [0.2, 0.25) is 0 Å². The van der Waals surface area contributed by atoms with Crippen LogP contribution in [-0.4, -0.2) is 37.9 Å². The van der Waals surface area contributed by atoms with Gasteiger partial charge >= 0.3 is 0 Å². The molecule has 1 unspecified atom stereocenters. The molecule has 0 bridgehead atoms. The molecule has 2 aromatic rings. The molecule has 1 atom stereocenters. The smallest absolute Gasteiger partial charge is 0.243 e. The maximum absolute atomic E-state index is 12.2. The zero-order chi connectivity index (χ0) is 20.6. The molecule has 2 amide bonds. The molecular weight excluding hydrogens is 493 g/mol. The van der Waals surface area contributed by atoms with Crippen molar-refractivity contribution in [2.24, 2.45) is 4.99 Å². The van der Waals surface area contributed by atoms with Gasteiger partial charge in [-0.2, -0.15) is 0 Å². The highest BCUT2D eigenvalue weighted by atomic mass is 127. The minimum Gasteiger partial charge on any atom is -0.356 e. The topological polar surface area (TPSA) is 94.6 Å². The number of aliphatic imine (C=N–C) groups is 1. The van der Waals surface area contributed by atoms with Crippen molar-refractivity contribution in [3.05, 3.63) is 59.7 Å². The predicted molar refractivity (Wildman–Crippen MR) is 132 cm³/mol.